The van der Waals surface area contributed by atoms with Gasteiger partial charge in [0.1, 0.15) is 30.5 Å². The number of ether oxygens (including phenoxy) is 4. The fourth-order valence-electron chi connectivity index (χ4n) is 5.21. The third-order valence-corrected chi connectivity index (χ3v) is 8.07. The van der Waals surface area contributed by atoms with Gasteiger partial charge in [-0.2, -0.15) is 0 Å². The Kier molecular flexibility index (Phi) is 27.3. The molecule has 1 fully saturated rings. The number of carbonyl (C=O) groups is 1. The van der Waals surface area contributed by atoms with Crippen molar-refractivity contribution in [1.29, 1.82) is 0 Å². The van der Waals surface area contributed by atoms with Crippen molar-refractivity contribution in [2.45, 2.75) is 166 Å². The predicted octanol–water partition coefficient (Wildman–Crippen LogP) is 6.46. The Bertz CT molecular complexity index is 798. The van der Waals surface area contributed by atoms with Gasteiger partial charge in [-0.25, -0.2) is 0 Å². The summed E-state index contributed by atoms with van der Waals surface area (Å²) in [4.78, 5) is 12.6. The molecule has 0 aromatic carbocycles. The lowest BCUT2D eigenvalue weighted by Gasteiger charge is -2.39. The highest BCUT2D eigenvalue weighted by molar-refractivity contribution is 5.69. The van der Waals surface area contributed by atoms with Crippen LogP contribution in [0.2, 0.25) is 0 Å². The molecule has 0 aromatic heterocycles. The lowest BCUT2D eigenvalue weighted by Crippen LogP contribution is -2.59. The molecule has 6 unspecified atom stereocenters. The topological polar surface area (TPSA) is 135 Å². The molecule has 1 rings (SSSR count). The standard InChI is InChI=1S/C37H66O9/c1-3-5-7-9-11-13-15-16-17-18-20-22-24-26-33(39)45-31(29-43-27-25-23-21-19-14-12-10-8-6-4-2)30-44-37-36(42)35(41)34(40)32(28-38)46-37/h5,7,11,13,16-17,31-32,34-38,40-42H,3-4,6,8-10,12,14-15,18-30H2,1-2H3/b7-5-,13-11-,17-16-. The van der Waals surface area contributed by atoms with Crippen LogP contribution in [0.3, 0.4) is 0 Å². The van der Waals surface area contributed by atoms with Crippen LogP contribution in [0.5, 0.6) is 0 Å². The average molecular weight is 655 g/mol. The van der Waals surface area contributed by atoms with Gasteiger partial charge < -0.3 is 39.4 Å². The molecule has 0 aromatic rings. The van der Waals surface area contributed by atoms with Crippen molar-refractivity contribution in [3.63, 3.8) is 0 Å². The molecular formula is C37H66O9. The molecule has 1 heterocycles. The summed E-state index contributed by atoms with van der Waals surface area (Å²) in [6.07, 6.45) is 24.6. The van der Waals surface area contributed by atoms with E-state index in [1.807, 2.05) is 0 Å². The number of aliphatic hydroxyl groups excluding tert-OH is 4. The largest absolute Gasteiger partial charge is 0.457 e. The number of esters is 1. The summed E-state index contributed by atoms with van der Waals surface area (Å²) in [7, 11) is 0. The van der Waals surface area contributed by atoms with Crippen LogP contribution in [0.25, 0.3) is 0 Å². The summed E-state index contributed by atoms with van der Waals surface area (Å²) in [6, 6.07) is 0. The highest BCUT2D eigenvalue weighted by Crippen LogP contribution is 2.22. The van der Waals surface area contributed by atoms with Crippen molar-refractivity contribution < 1.29 is 44.2 Å². The van der Waals surface area contributed by atoms with Crippen molar-refractivity contribution in [3.8, 4) is 0 Å². The Hall–Kier alpha value is -1.59. The van der Waals surface area contributed by atoms with Gasteiger partial charge in [0, 0.05) is 13.0 Å². The SMILES string of the molecule is CC/C=C\C/C=C\C/C=C\CCCCCC(=O)OC(COCCCCCCCCCCCC)COC1OC(CO)C(O)C(O)C1O. The summed E-state index contributed by atoms with van der Waals surface area (Å²) >= 11 is 0. The number of unbranched alkanes of at least 4 members (excludes halogenated alkanes) is 12. The van der Waals surface area contributed by atoms with Gasteiger partial charge in [-0.1, -0.05) is 115 Å². The maximum absolute atomic E-state index is 12.6. The van der Waals surface area contributed by atoms with Gasteiger partial charge in [0.2, 0.25) is 0 Å². The van der Waals surface area contributed by atoms with E-state index in [-0.39, 0.29) is 25.6 Å². The van der Waals surface area contributed by atoms with Crippen LogP contribution in [-0.2, 0) is 23.7 Å². The molecular weight excluding hydrogens is 588 g/mol. The molecule has 1 aliphatic heterocycles. The predicted molar refractivity (Wildman–Crippen MR) is 182 cm³/mol. The van der Waals surface area contributed by atoms with E-state index in [0.717, 1.165) is 57.8 Å². The minimum absolute atomic E-state index is 0.124. The summed E-state index contributed by atoms with van der Waals surface area (Å²) in [5.74, 6) is -0.345. The first-order valence-electron chi connectivity index (χ1n) is 18.1. The van der Waals surface area contributed by atoms with Crippen molar-refractivity contribution in [2.24, 2.45) is 0 Å². The Morgan fingerprint density at radius 2 is 1.33 bits per heavy atom. The van der Waals surface area contributed by atoms with Crippen molar-refractivity contribution in [2.75, 3.05) is 26.4 Å². The van der Waals surface area contributed by atoms with Crippen molar-refractivity contribution in [3.05, 3.63) is 36.5 Å². The number of carbonyl (C=O) groups excluding carboxylic acids is 1. The number of aliphatic hydroxyl groups is 4. The van der Waals surface area contributed by atoms with E-state index >= 15 is 0 Å². The van der Waals surface area contributed by atoms with Crippen LogP contribution in [0.4, 0.5) is 0 Å². The first-order valence-corrected chi connectivity index (χ1v) is 18.1. The normalized spacial score (nSPS) is 22.8. The van der Waals surface area contributed by atoms with Crippen LogP contribution in [0.15, 0.2) is 36.5 Å². The molecule has 1 aliphatic rings. The Morgan fingerprint density at radius 1 is 0.717 bits per heavy atom. The quantitative estimate of drug-likeness (QED) is 0.0407. The van der Waals surface area contributed by atoms with Crippen LogP contribution < -0.4 is 0 Å². The molecule has 0 amide bonds. The van der Waals surface area contributed by atoms with E-state index in [1.54, 1.807) is 0 Å². The molecule has 0 radical (unpaired) electrons. The minimum atomic E-state index is -1.54. The Balaban J connectivity index is 2.39. The first-order chi connectivity index (χ1) is 22.4. The molecule has 6 atom stereocenters. The van der Waals surface area contributed by atoms with Gasteiger partial charge in [-0.05, 0) is 44.9 Å². The average Bonchev–Trinajstić information content (AvgIpc) is 3.05. The number of hydrogen-bond acceptors (Lipinski definition) is 9. The van der Waals surface area contributed by atoms with Gasteiger partial charge >= 0.3 is 5.97 Å². The van der Waals surface area contributed by atoms with Crippen LogP contribution in [0.1, 0.15) is 129 Å². The maximum atomic E-state index is 12.6. The highest BCUT2D eigenvalue weighted by Gasteiger charge is 2.44. The second-order valence-corrected chi connectivity index (χ2v) is 12.3. The summed E-state index contributed by atoms with van der Waals surface area (Å²) in [6.45, 7) is 4.37. The van der Waals surface area contributed by atoms with E-state index in [1.165, 1.54) is 51.4 Å². The third-order valence-electron chi connectivity index (χ3n) is 8.07. The summed E-state index contributed by atoms with van der Waals surface area (Å²) in [5.41, 5.74) is 0. The zero-order chi connectivity index (χ0) is 33.7. The van der Waals surface area contributed by atoms with Gasteiger partial charge in [-0.15, -0.1) is 0 Å². The van der Waals surface area contributed by atoms with Crippen LogP contribution in [-0.4, -0.2) is 89.6 Å². The van der Waals surface area contributed by atoms with Crippen molar-refractivity contribution in [1.82, 2.24) is 0 Å². The monoisotopic (exact) mass is 654 g/mol. The Morgan fingerprint density at radius 3 is 1.98 bits per heavy atom. The second kappa shape index (κ2) is 29.5. The first kappa shape index (κ1) is 42.4. The lowest BCUT2D eigenvalue weighted by atomic mass is 9.99. The minimum Gasteiger partial charge on any atom is -0.457 e. The molecule has 0 saturated carbocycles. The third kappa shape index (κ3) is 21.3. The van der Waals surface area contributed by atoms with Crippen LogP contribution in [0, 0.1) is 0 Å². The van der Waals surface area contributed by atoms with Gasteiger partial charge in [-0.3, -0.25) is 4.79 Å². The number of hydrogen-bond donors (Lipinski definition) is 4. The Labute approximate surface area is 279 Å². The van der Waals surface area contributed by atoms with Crippen molar-refractivity contribution >= 4 is 5.97 Å². The summed E-state index contributed by atoms with van der Waals surface area (Å²) in [5, 5.41) is 39.8. The molecule has 1 saturated heterocycles. The molecule has 268 valence electrons. The maximum Gasteiger partial charge on any atom is 0.306 e. The van der Waals surface area contributed by atoms with Gasteiger partial charge in [0.15, 0.2) is 6.29 Å². The molecule has 9 heteroatoms. The van der Waals surface area contributed by atoms with E-state index in [2.05, 4.69) is 50.3 Å². The second-order valence-electron chi connectivity index (χ2n) is 12.3. The van der Waals surface area contributed by atoms with E-state index in [4.69, 9.17) is 18.9 Å². The summed E-state index contributed by atoms with van der Waals surface area (Å²) < 4.78 is 22.6. The number of rotatable bonds is 29. The zero-order valence-electron chi connectivity index (χ0n) is 28.8. The van der Waals surface area contributed by atoms with E-state index in [0.29, 0.717) is 6.61 Å². The zero-order valence-corrected chi connectivity index (χ0v) is 28.8. The highest BCUT2D eigenvalue weighted by atomic mass is 16.7. The lowest BCUT2D eigenvalue weighted by molar-refractivity contribution is -0.305. The molecule has 46 heavy (non-hydrogen) atoms. The fourth-order valence-corrected chi connectivity index (χ4v) is 5.21. The molecule has 9 nitrogen and oxygen atoms in total. The molecule has 0 spiro atoms. The van der Waals surface area contributed by atoms with Gasteiger partial charge in [0.25, 0.3) is 0 Å². The van der Waals surface area contributed by atoms with E-state index < -0.39 is 43.4 Å². The van der Waals surface area contributed by atoms with E-state index in [9.17, 15) is 25.2 Å². The number of allylic oxidation sites excluding steroid dienone is 6. The molecule has 0 bridgehead atoms. The smallest absolute Gasteiger partial charge is 0.306 e. The fraction of sp³-hybridized carbons (Fsp3) is 0.811. The van der Waals surface area contributed by atoms with Gasteiger partial charge in [0.05, 0.1) is 19.8 Å². The molecule has 4 N–H and O–H groups in total. The van der Waals surface area contributed by atoms with Crippen LogP contribution >= 0.6 is 0 Å². The molecule has 0 aliphatic carbocycles.